The predicted molar refractivity (Wildman–Crippen MR) is 139 cm³/mol. The summed E-state index contributed by atoms with van der Waals surface area (Å²) >= 11 is 1.31. The minimum Gasteiger partial charge on any atom is -0.477 e. The molecule has 1 amide bonds. The summed E-state index contributed by atoms with van der Waals surface area (Å²) < 4.78 is 11.7. The molecule has 2 aliphatic carbocycles. The number of rotatable bonds is 6. The van der Waals surface area contributed by atoms with Gasteiger partial charge in [0.1, 0.15) is 4.88 Å². The number of hydrogen-bond acceptors (Lipinski definition) is 5. The first-order chi connectivity index (χ1) is 16.5. The lowest BCUT2D eigenvalue weighted by molar-refractivity contribution is -0.124. The van der Waals surface area contributed by atoms with Crippen molar-refractivity contribution >= 4 is 28.9 Å². The van der Waals surface area contributed by atoms with Crippen LogP contribution < -0.4 is 4.90 Å². The number of carboxylic acid groups (broad SMARTS) is 1. The smallest absolute Gasteiger partial charge is 0.348 e. The molecular formula is C28H41NO5S. The highest BCUT2D eigenvalue weighted by Crippen LogP contribution is 2.42. The first-order valence-corrected chi connectivity index (χ1v) is 14.0. The molecule has 35 heavy (non-hydrogen) atoms. The van der Waals surface area contributed by atoms with Gasteiger partial charge in [0, 0.05) is 23.4 Å². The summed E-state index contributed by atoms with van der Waals surface area (Å²) in [5.41, 5.74) is 1.73. The Morgan fingerprint density at radius 1 is 1.14 bits per heavy atom. The van der Waals surface area contributed by atoms with E-state index in [1.807, 2.05) is 11.0 Å². The maximum Gasteiger partial charge on any atom is 0.348 e. The van der Waals surface area contributed by atoms with Gasteiger partial charge in [-0.25, -0.2) is 4.79 Å². The predicted octanol–water partition coefficient (Wildman–Crippen LogP) is 6.19. The van der Waals surface area contributed by atoms with Crippen LogP contribution in [-0.2, 0) is 19.7 Å². The van der Waals surface area contributed by atoms with E-state index in [9.17, 15) is 14.7 Å². The highest BCUT2D eigenvalue weighted by Gasteiger charge is 2.39. The quantitative estimate of drug-likeness (QED) is 0.469. The van der Waals surface area contributed by atoms with Crippen molar-refractivity contribution < 1.29 is 24.2 Å². The number of hydrogen-bond donors (Lipinski definition) is 1. The van der Waals surface area contributed by atoms with Crippen molar-refractivity contribution in [3.05, 3.63) is 27.5 Å². The molecule has 1 unspecified atom stereocenters. The fourth-order valence-corrected chi connectivity index (χ4v) is 6.77. The van der Waals surface area contributed by atoms with Crippen molar-refractivity contribution in [2.45, 2.75) is 103 Å². The lowest BCUT2D eigenvalue weighted by Crippen LogP contribution is -2.48. The van der Waals surface area contributed by atoms with Crippen LogP contribution in [-0.4, -0.2) is 48.4 Å². The first-order valence-electron chi connectivity index (χ1n) is 13.1. The van der Waals surface area contributed by atoms with Crippen molar-refractivity contribution in [1.82, 2.24) is 0 Å². The third-order valence-corrected chi connectivity index (χ3v) is 9.33. The van der Waals surface area contributed by atoms with Crippen LogP contribution in [0.1, 0.15) is 94.1 Å². The molecule has 1 aliphatic heterocycles. The number of thiophene rings is 1. The van der Waals surface area contributed by atoms with Crippen molar-refractivity contribution in [2.75, 3.05) is 18.1 Å². The summed E-state index contributed by atoms with van der Waals surface area (Å²) in [6.07, 6.45) is 8.52. The fraction of sp³-hybridized carbons (Fsp3) is 0.714. The number of allylic oxidation sites excluding steroid dienone is 2. The Morgan fingerprint density at radius 3 is 2.43 bits per heavy atom. The molecule has 1 aromatic heterocycles. The number of anilines is 1. The molecule has 0 radical (unpaired) electrons. The minimum atomic E-state index is -0.955. The molecule has 6 nitrogen and oxygen atoms in total. The number of carbonyl (C=O) groups is 2. The van der Waals surface area contributed by atoms with Crippen LogP contribution in [0.25, 0.3) is 0 Å². The second-order valence-electron chi connectivity index (χ2n) is 11.7. The summed E-state index contributed by atoms with van der Waals surface area (Å²) in [5, 5.41) is 10.1. The molecule has 1 saturated heterocycles. The zero-order valence-electron chi connectivity index (χ0n) is 21.8. The second-order valence-corrected chi connectivity index (χ2v) is 12.8. The molecule has 194 valence electrons. The Kier molecular flexibility index (Phi) is 8.08. The van der Waals surface area contributed by atoms with Gasteiger partial charge in [0.15, 0.2) is 0 Å². The Morgan fingerprint density at radius 2 is 1.86 bits per heavy atom. The van der Waals surface area contributed by atoms with E-state index in [-0.39, 0.29) is 46.3 Å². The summed E-state index contributed by atoms with van der Waals surface area (Å²) in [7, 11) is 0. The van der Waals surface area contributed by atoms with Crippen molar-refractivity contribution in [1.29, 1.82) is 0 Å². The van der Waals surface area contributed by atoms with Gasteiger partial charge in [-0.15, -0.1) is 11.3 Å². The topological polar surface area (TPSA) is 76.1 Å². The highest BCUT2D eigenvalue weighted by atomic mass is 32.1. The fourth-order valence-electron chi connectivity index (χ4n) is 5.73. The normalized spacial score (nSPS) is 29.6. The summed E-state index contributed by atoms with van der Waals surface area (Å²) in [4.78, 5) is 29.7. The SMILES string of the molecule is CC1=CCC(C(=O)N(c2cc(C(C)(C)C)sc2C(=O)O)[C@H]2CC[C@H](O[C@H]3CCOC3)CC2)[C@@H](C)C1. The zero-order chi connectivity index (χ0) is 25.3. The Labute approximate surface area is 213 Å². The zero-order valence-corrected chi connectivity index (χ0v) is 22.7. The van der Waals surface area contributed by atoms with Crippen LogP contribution in [0.4, 0.5) is 5.69 Å². The number of nitrogens with zero attached hydrogens (tertiary/aromatic N) is 1. The summed E-state index contributed by atoms with van der Waals surface area (Å²) in [5.74, 6) is -0.756. The van der Waals surface area contributed by atoms with Crippen molar-refractivity contribution in [3.63, 3.8) is 0 Å². The summed E-state index contributed by atoms with van der Waals surface area (Å²) in [6, 6.07) is 1.96. The van der Waals surface area contributed by atoms with Crippen molar-refractivity contribution in [2.24, 2.45) is 11.8 Å². The lowest BCUT2D eigenvalue weighted by Gasteiger charge is -2.40. The average molecular weight is 504 g/mol. The maximum absolute atomic E-state index is 14.2. The Balaban J connectivity index is 1.63. The standard InChI is InChI=1S/C28H41NO5S/c1-17-6-11-22(18(2)14-17)26(30)29(23-15-24(28(3,4)5)35-25(23)27(31)32)19-7-9-20(10-8-19)34-21-12-13-33-16-21/h6,15,18-22H,7-14,16H2,1-5H3,(H,31,32)/t18-,19-,20-,21-,22?/m0/s1. The molecule has 3 atom stereocenters. The van der Waals surface area contributed by atoms with Gasteiger partial charge >= 0.3 is 5.97 Å². The average Bonchev–Trinajstić information content (AvgIpc) is 3.45. The number of amides is 1. The molecule has 1 aromatic rings. The number of carboxylic acids is 1. The molecule has 0 bridgehead atoms. The van der Waals surface area contributed by atoms with Crippen LogP contribution >= 0.6 is 11.3 Å². The molecule has 4 rings (SSSR count). The highest BCUT2D eigenvalue weighted by molar-refractivity contribution is 7.14. The maximum atomic E-state index is 14.2. The van der Waals surface area contributed by atoms with E-state index in [0.29, 0.717) is 12.3 Å². The van der Waals surface area contributed by atoms with Gasteiger partial charge in [-0.05, 0) is 69.3 Å². The number of aromatic carboxylic acids is 1. The van der Waals surface area contributed by atoms with E-state index in [2.05, 4.69) is 40.7 Å². The van der Waals surface area contributed by atoms with Crippen LogP contribution in [0.15, 0.2) is 17.7 Å². The molecule has 0 aromatic carbocycles. The monoisotopic (exact) mass is 503 g/mol. The molecule has 7 heteroatoms. The number of carbonyl (C=O) groups excluding carboxylic acids is 1. The van der Waals surface area contributed by atoms with Gasteiger partial charge in [0.2, 0.25) is 5.91 Å². The molecule has 2 heterocycles. The number of ether oxygens (including phenoxy) is 2. The van der Waals surface area contributed by atoms with Crippen LogP contribution in [0, 0.1) is 11.8 Å². The Bertz CT molecular complexity index is 947. The Hall–Kier alpha value is -1.70. The molecule has 1 N–H and O–H groups in total. The van der Waals surface area contributed by atoms with Gasteiger partial charge in [-0.3, -0.25) is 4.79 Å². The van der Waals surface area contributed by atoms with E-state index in [1.54, 1.807) is 0 Å². The van der Waals surface area contributed by atoms with Gasteiger partial charge in [-0.2, -0.15) is 0 Å². The van der Waals surface area contributed by atoms with E-state index >= 15 is 0 Å². The molecule has 0 spiro atoms. The van der Waals surface area contributed by atoms with Crippen molar-refractivity contribution in [3.8, 4) is 0 Å². The first kappa shape index (κ1) is 26.4. The largest absolute Gasteiger partial charge is 0.477 e. The second kappa shape index (κ2) is 10.7. The van der Waals surface area contributed by atoms with E-state index in [1.165, 1.54) is 16.9 Å². The summed E-state index contributed by atoms with van der Waals surface area (Å²) in [6.45, 7) is 12.0. The third-order valence-electron chi connectivity index (χ3n) is 7.79. The lowest BCUT2D eigenvalue weighted by atomic mass is 9.79. The van der Waals surface area contributed by atoms with E-state index in [0.717, 1.165) is 56.4 Å². The minimum absolute atomic E-state index is 0.0121. The molecular weight excluding hydrogens is 462 g/mol. The molecule has 3 aliphatic rings. The van der Waals surface area contributed by atoms with E-state index < -0.39 is 5.97 Å². The van der Waals surface area contributed by atoms with Crippen LogP contribution in [0.5, 0.6) is 0 Å². The molecule has 2 fully saturated rings. The van der Waals surface area contributed by atoms with Gasteiger partial charge in [0.25, 0.3) is 0 Å². The van der Waals surface area contributed by atoms with Crippen LogP contribution in [0.3, 0.4) is 0 Å². The van der Waals surface area contributed by atoms with Gasteiger partial charge in [-0.1, -0.05) is 39.3 Å². The van der Waals surface area contributed by atoms with Gasteiger partial charge < -0.3 is 19.5 Å². The third kappa shape index (κ3) is 6.00. The van der Waals surface area contributed by atoms with E-state index in [4.69, 9.17) is 9.47 Å². The van der Waals surface area contributed by atoms with Gasteiger partial charge in [0.05, 0.1) is 24.5 Å². The van der Waals surface area contributed by atoms with Crippen LogP contribution in [0.2, 0.25) is 0 Å². The molecule has 1 saturated carbocycles.